The standard InChI is InChI=1S/C26H28N4O4/c1-14(2)13-19-21-22(26(28-19)18-7-5-6-8-20(18)29(4)25(26)34)24(33)30(23(21)32)17-11-9-16(10-12-17)27-15(3)31/h5-12,14,19,21-22,28H,13H2,1-4H3,(H,27,31). The van der Waals surface area contributed by atoms with Crippen LogP contribution in [-0.2, 0) is 24.7 Å². The molecule has 2 aromatic rings. The fourth-order valence-corrected chi connectivity index (χ4v) is 5.92. The number of carbonyl (C=O) groups is 4. The molecule has 0 saturated carbocycles. The van der Waals surface area contributed by atoms with E-state index >= 15 is 0 Å². The molecule has 8 nitrogen and oxygen atoms in total. The van der Waals surface area contributed by atoms with Crippen molar-refractivity contribution < 1.29 is 19.2 Å². The van der Waals surface area contributed by atoms with Crippen molar-refractivity contribution in [2.24, 2.45) is 17.8 Å². The van der Waals surface area contributed by atoms with E-state index in [-0.39, 0.29) is 35.6 Å². The second kappa shape index (κ2) is 7.77. The maximum Gasteiger partial charge on any atom is 0.252 e. The summed E-state index contributed by atoms with van der Waals surface area (Å²) in [6.45, 7) is 5.55. The number of para-hydroxylation sites is 1. The second-order valence-electron chi connectivity index (χ2n) is 9.81. The summed E-state index contributed by atoms with van der Waals surface area (Å²) in [4.78, 5) is 55.6. The van der Waals surface area contributed by atoms with Gasteiger partial charge in [0.25, 0.3) is 5.91 Å². The van der Waals surface area contributed by atoms with Crippen LogP contribution in [0.15, 0.2) is 48.5 Å². The maximum atomic E-state index is 13.9. The van der Waals surface area contributed by atoms with Crippen LogP contribution in [0, 0.1) is 17.8 Å². The summed E-state index contributed by atoms with van der Waals surface area (Å²) >= 11 is 0. The highest BCUT2D eigenvalue weighted by Gasteiger charge is 2.71. The average Bonchev–Trinajstić information content (AvgIpc) is 3.33. The van der Waals surface area contributed by atoms with Gasteiger partial charge in [-0.15, -0.1) is 0 Å². The molecule has 3 aliphatic rings. The predicted molar refractivity (Wildman–Crippen MR) is 128 cm³/mol. The summed E-state index contributed by atoms with van der Waals surface area (Å²) in [6, 6.07) is 13.8. The summed E-state index contributed by atoms with van der Waals surface area (Å²) < 4.78 is 0. The maximum absolute atomic E-state index is 13.9. The summed E-state index contributed by atoms with van der Waals surface area (Å²) in [5.41, 5.74) is 1.24. The lowest BCUT2D eigenvalue weighted by molar-refractivity contribution is -0.131. The molecule has 0 aliphatic carbocycles. The van der Waals surface area contributed by atoms with Crippen molar-refractivity contribution in [2.75, 3.05) is 22.2 Å². The number of carbonyl (C=O) groups excluding carboxylic acids is 4. The summed E-state index contributed by atoms with van der Waals surface area (Å²) in [5, 5.41) is 6.18. The number of anilines is 3. The smallest absolute Gasteiger partial charge is 0.252 e. The zero-order chi connectivity index (χ0) is 24.4. The molecule has 2 saturated heterocycles. The Bertz CT molecular complexity index is 1210. The third-order valence-electron chi connectivity index (χ3n) is 7.17. The highest BCUT2D eigenvalue weighted by atomic mass is 16.2. The first-order chi connectivity index (χ1) is 16.2. The molecule has 8 heteroatoms. The number of nitrogens with zero attached hydrogens (tertiary/aromatic N) is 2. The number of amides is 4. The number of rotatable bonds is 4. The molecule has 5 rings (SSSR count). The molecule has 3 heterocycles. The fourth-order valence-electron chi connectivity index (χ4n) is 5.92. The molecule has 34 heavy (non-hydrogen) atoms. The van der Waals surface area contributed by atoms with Gasteiger partial charge in [-0.25, -0.2) is 4.90 Å². The molecule has 4 atom stereocenters. The first kappa shape index (κ1) is 22.3. The highest BCUT2D eigenvalue weighted by Crippen LogP contribution is 2.55. The van der Waals surface area contributed by atoms with Gasteiger partial charge in [-0.05, 0) is 42.7 Å². The lowest BCUT2D eigenvalue weighted by Crippen LogP contribution is -2.54. The van der Waals surface area contributed by atoms with Gasteiger partial charge in [-0.3, -0.25) is 24.5 Å². The molecule has 1 spiro atoms. The quantitative estimate of drug-likeness (QED) is 0.684. The van der Waals surface area contributed by atoms with Gasteiger partial charge in [0.15, 0.2) is 0 Å². The molecule has 2 aromatic carbocycles. The van der Waals surface area contributed by atoms with E-state index in [0.717, 1.165) is 11.3 Å². The van der Waals surface area contributed by atoms with Gasteiger partial charge in [0, 0.05) is 37.0 Å². The number of nitrogens with one attached hydrogen (secondary N) is 2. The SMILES string of the molecule is CC(=O)Nc1ccc(N2C(=O)C3C(CC(C)C)NC4(C(=O)N(C)c5ccccc54)C3C2=O)cc1. The molecule has 0 radical (unpaired) electrons. The Labute approximate surface area is 198 Å². The van der Waals surface area contributed by atoms with Crippen LogP contribution in [0.25, 0.3) is 0 Å². The Balaban J connectivity index is 1.61. The van der Waals surface area contributed by atoms with E-state index in [0.29, 0.717) is 17.8 Å². The molecule has 2 N–H and O–H groups in total. The third-order valence-corrected chi connectivity index (χ3v) is 7.17. The number of likely N-dealkylation sites (N-methyl/N-ethyl adjacent to an activating group) is 1. The minimum Gasteiger partial charge on any atom is -0.326 e. The van der Waals surface area contributed by atoms with Gasteiger partial charge in [0.1, 0.15) is 5.54 Å². The number of hydrogen-bond acceptors (Lipinski definition) is 5. The largest absolute Gasteiger partial charge is 0.326 e. The van der Waals surface area contributed by atoms with Gasteiger partial charge in [-0.2, -0.15) is 0 Å². The van der Waals surface area contributed by atoms with Gasteiger partial charge in [0.2, 0.25) is 17.7 Å². The highest BCUT2D eigenvalue weighted by molar-refractivity contribution is 6.26. The fraction of sp³-hybridized carbons (Fsp3) is 0.385. The van der Waals surface area contributed by atoms with Crippen LogP contribution in [0.4, 0.5) is 17.1 Å². The molecule has 4 unspecified atom stereocenters. The minimum atomic E-state index is -1.27. The van der Waals surface area contributed by atoms with Crippen LogP contribution in [0.5, 0.6) is 0 Å². The van der Waals surface area contributed by atoms with Gasteiger partial charge < -0.3 is 10.2 Å². The molecular formula is C26H28N4O4. The van der Waals surface area contributed by atoms with Gasteiger partial charge in [0.05, 0.1) is 17.5 Å². The predicted octanol–water partition coefficient (Wildman–Crippen LogP) is 2.64. The molecule has 4 amide bonds. The van der Waals surface area contributed by atoms with Crippen LogP contribution in [0.2, 0.25) is 0 Å². The monoisotopic (exact) mass is 460 g/mol. The van der Waals surface area contributed by atoms with Crippen LogP contribution >= 0.6 is 0 Å². The van der Waals surface area contributed by atoms with Crippen molar-refractivity contribution in [3.63, 3.8) is 0 Å². The molecular weight excluding hydrogens is 432 g/mol. The van der Waals surface area contributed by atoms with Crippen LogP contribution in [-0.4, -0.2) is 36.7 Å². The van der Waals surface area contributed by atoms with E-state index < -0.39 is 17.4 Å². The lowest BCUT2D eigenvalue weighted by atomic mass is 9.76. The molecule has 176 valence electrons. The van der Waals surface area contributed by atoms with E-state index in [1.807, 2.05) is 24.3 Å². The number of fused-ring (bicyclic) bond motifs is 4. The van der Waals surface area contributed by atoms with Crippen LogP contribution in [0.3, 0.4) is 0 Å². The van der Waals surface area contributed by atoms with Crippen molar-refractivity contribution in [3.8, 4) is 0 Å². The lowest BCUT2D eigenvalue weighted by Gasteiger charge is -2.30. The molecule has 2 fully saturated rings. The van der Waals surface area contributed by atoms with E-state index in [9.17, 15) is 19.2 Å². The summed E-state index contributed by atoms with van der Waals surface area (Å²) in [6.07, 6.45) is 0.663. The Hall–Kier alpha value is -3.52. The average molecular weight is 461 g/mol. The summed E-state index contributed by atoms with van der Waals surface area (Å²) in [7, 11) is 1.71. The first-order valence-electron chi connectivity index (χ1n) is 11.6. The van der Waals surface area contributed by atoms with Crippen molar-refractivity contribution in [3.05, 3.63) is 54.1 Å². The van der Waals surface area contributed by atoms with E-state index in [2.05, 4.69) is 24.5 Å². The van der Waals surface area contributed by atoms with Crippen molar-refractivity contribution >= 4 is 40.7 Å². The van der Waals surface area contributed by atoms with E-state index in [4.69, 9.17) is 0 Å². The van der Waals surface area contributed by atoms with Crippen molar-refractivity contribution in [1.29, 1.82) is 0 Å². The molecule has 0 bridgehead atoms. The number of imide groups is 1. The number of hydrogen-bond donors (Lipinski definition) is 2. The zero-order valence-corrected chi connectivity index (χ0v) is 19.7. The summed E-state index contributed by atoms with van der Waals surface area (Å²) in [5.74, 6) is -2.30. The van der Waals surface area contributed by atoms with Crippen molar-refractivity contribution in [2.45, 2.75) is 38.8 Å². The van der Waals surface area contributed by atoms with E-state index in [1.165, 1.54) is 11.8 Å². The van der Waals surface area contributed by atoms with Gasteiger partial charge >= 0.3 is 0 Å². The van der Waals surface area contributed by atoms with Gasteiger partial charge in [-0.1, -0.05) is 32.0 Å². The van der Waals surface area contributed by atoms with Crippen molar-refractivity contribution in [1.82, 2.24) is 5.32 Å². The topological polar surface area (TPSA) is 98.8 Å². The van der Waals surface area contributed by atoms with Crippen LogP contribution in [0.1, 0.15) is 32.8 Å². The Kier molecular flexibility index (Phi) is 5.09. The Morgan fingerprint density at radius 3 is 2.38 bits per heavy atom. The molecule has 0 aromatic heterocycles. The Morgan fingerprint density at radius 1 is 1.06 bits per heavy atom. The Morgan fingerprint density at radius 2 is 1.74 bits per heavy atom. The third kappa shape index (κ3) is 3.01. The normalized spacial score (nSPS) is 27.7. The minimum absolute atomic E-state index is 0.206. The van der Waals surface area contributed by atoms with Crippen LogP contribution < -0.4 is 20.4 Å². The molecule has 3 aliphatic heterocycles. The number of benzene rings is 2. The first-order valence-corrected chi connectivity index (χ1v) is 11.6. The van der Waals surface area contributed by atoms with E-state index in [1.54, 1.807) is 36.2 Å². The zero-order valence-electron chi connectivity index (χ0n) is 19.7. The second-order valence-corrected chi connectivity index (χ2v) is 9.81.